The molecule has 0 radical (unpaired) electrons. The number of anilines is 1. The van der Waals surface area contributed by atoms with Crippen molar-refractivity contribution in [1.29, 1.82) is 0 Å². The number of alkyl halides is 2. The van der Waals surface area contributed by atoms with Gasteiger partial charge in [0.25, 0.3) is 0 Å². The van der Waals surface area contributed by atoms with Gasteiger partial charge in [0.1, 0.15) is 5.75 Å². The Morgan fingerprint density at radius 2 is 1.72 bits per heavy atom. The number of ether oxygens (including phenoxy) is 1. The summed E-state index contributed by atoms with van der Waals surface area (Å²) in [7, 11) is 1.73. The number of carbonyl (C=O) groups excluding carboxylic acids is 1. The van der Waals surface area contributed by atoms with Crippen LogP contribution in [0.2, 0.25) is 0 Å². The van der Waals surface area contributed by atoms with E-state index in [1.54, 1.807) is 30.1 Å². The van der Waals surface area contributed by atoms with Crippen molar-refractivity contribution in [2.75, 3.05) is 25.0 Å². The summed E-state index contributed by atoms with van der Waals surface area (Å²) < 4.78 is 29.6. The molecule has 1 heterocycles. The lowest BCUT2D eigenvalue weighted by Crippen LogP contribution is -2.37. The van der Waals surface area contributed by atoms with Crippen molar-refractivity contribution in [2.24, 2.45) is 0 Å². The predicted molar refractivity (Wildman–Crippen MR) is 109 cm³/mol. The van der Waals surface area contributed by atoms with Gasteiger partial charge >= 0.3 is 12.6 Å². The summed E-state index contributed by atoms with van der Waals surface area (Å²) in [5.74, 6) is 0.0703. The molecule has 1 saturated heterocycles. The first-order chi connectivity index (χ1) is 14.0. The maximum absolute atomic E-state index is 12.6. The van der Waals surface area contributed by atoms with Crippen molar-refractivity contribution in [3.63, 3.8) is 0 Å². The number of urea groups is 1. The van der Waals surface area contributed by atoms with Gasteiger partial charge in [0.15, 0.2) is 0 Å². The molecule has 7 heteroatoms. The highest BCUT2D eigenvalue weighted by Crippen LogP contribution is 2.25. The fourth-order valence-corrected chi connectivity index (χ4v) is 3.58. The van der Waals surface area contributed by atoms with Gasteiger partial charge in [-0.25, -0.2) is 4.79 Å². The zero-order valence-electron chi connectivity index (χ0n) is 16.6. The second kappa shape index (κ2) is 10.1. The van der Waals surface area contributed by atoms with Crippen molar-refractivity contribution in [2.45, 2.75) is 39.0 Å². The van der Waals surface area contributed by atoms with Gasteiger partial charge in [-0.1, -0.05) is 36.4 Å². The van der Waals surface area contributed by atoms with Crippen molar-refractivity contribution in [1.82, 2.24) is 10.2 Å². The Balaban J connectivity index is 1.61. The fourth-order valence-electron chi connectivity index (χ4n) is 3.58. The van der Waals surface area contributed by atoms with Crippen LogP contribution in [0.4, 0.5) is 19.3 Å². The second-order valence-corrected chi connectivity index (χ2v) is 7.18. The van der Waals surface area contributed by atoms with E-state index in [0.29, 0.717) is 12.1 Å². The number of carbonyl (C=O) groups is 1. The average Bonchev–Trinajstić information content (AvgIpc) is 2.73. The number of piperidine rings is 1. The summed E-state index contributed by atoms with van der Waals surface area (Å²) in [6, 6.07) is 14.3. The van der Waals surface area contributed by atoms with Gasteiger partial charge in [-0.2, -0.15) is 8.78 Å². The first-order valence-electron chi connectivity index (χ1n) is 9.89. The van der Waals surface area contributed by atoms with Gasteiger partial charge in [0.05, 0.1) is 0 Å². The summed E-state index contributed by atoms with van der Waals surface area (Å²) >= 11 is 0. The number of para-hydroxylation sites is 2. The SMILES string of the molecule is CN(Cc1ccccc1N1CCCCC1)C(=O)NCc1ccccc1OC(F)F. The Labute approximate surface area is 170 Å². The lowest BCUT2D eigenvalue weighted by Gasteiger charge is -2.31. The third kappa shape index (κ3) is 5.82. The monoisotopic (exact) mass is 403 g/mol. The van der Waals surface area contributed by atoms with E-state index in [9.17, 15) is 13.6 Å². The predicted octanol–water partition coefficient (Wildman–Crippen LogP) is 4.62. The van der Waals surface area contributed by atoms with E-state index in [1.807, 2.05) is 18.2 Å². The van der Waals surface area contributed by atoms with Crippen molar-refractivity contribution < 1.29 is 18.3 Å². The minimum Gasteiger partial charge on any atom is -0.434 e. The van der Waals surface area contributed by atoms with Crippen LogP contribution in [0.25, 0.3) is 0 Å². The number of benzene rings is 2. The largest absolute Gasteiger partial charge is 0.434 e. The van der Waals surface area contributed by atoms with Gasteiger partial charge < -0.3 is 19.9 Å². The molecule has 0 saturated carbocycles. The number of halogens is 2. The van der Waals surface area contributed by atoms with Crippen molar-refractivity contribution in [3.05, 3.63) is 59.7 Å². The molecule has 1 fully saturated rings. The molecular formula is C22H27F2N3O2. The molecule has 5 nitrogen and oxygen atoms in total. The van der Waals surface area contributed by atoms with Crippen LogP contribution >= 0.6 is 0 Å². The quantitative estimate of drug-likeness (QED) is 0.734. The normalized spacial score (nSPS) is 14.0. The number of nitrogens with one attached hydrogen (secondary N) is 1. The third-order valence-corrected chi connectivity index (χ3v) is 5.06. The van der Waals surface area contributed by atoms with Crippen LogP contribution in [-0.2, 0) is 13.1 Å². The fraction of sp³-hybridized carbons (Fsp3) is 0.409. The van der Waals surface area contributed by atoms with Crippen molar-refractivity contribution in [3.8, 4) is 5.75 Å². The molecule has 1 N–H and O–H groups in total. The molecule has 1 aliphatic rings. The lowest BCUT2D eigenvalue weighted by atomic mass is 10.1. The van der Waals surface area contributed by atoms with Crippen LogP contribution in [0.3, 0.4) is 0 Å². The molecule has 2 aromatic rings. The van der Waals surface area contributed by atoms with E-state index in [-0.39, 0.29) is 18.3 Å². The number of nitrogens with zero attached hydrogens (tertiary/aromatic N) is 2. The summed E-state index contributed by atoms with van der Waals surface area (Å²) in [6.07, 6.45) is 3.63. The van der Waals surface area contributed by atoms with E-state index < -0.39 is 6.61 Å². The smallest absolute Gasteiger partial charge is 0.387 e. The van der Waals surface area contributed by atoms with Crippen LogP contribution in [0.5, 0.6) is 5.75 Å². The molecule has 2 amide bonds. The van der Waals surface area contributed by atoms with Gasteiger partial charge in [0, 0.05) is 44.5 Å². The first-order valence-corrected chi connectivity index (χ1v) is 9.89. The van der Waals surface area contributed by atoms with Gasteiger partial charge in [-0.05, 0) is 37.0 Å². The average molecular weight is 403 g/mol. The van der Waals surface area contributed by atoms with Crippen LogP contribution in [0.15, 0.2) is 48.5 Å². The number of rotatable bonds is 7. The van der Waals surface area contributed by atoms with E-state index in [0.717, 1.165) is 18.7 Å². The molecule has 1 aliphatic heterocycles. The van der Waals surface area contributed by atoms with E-state index in [4.69, 9.17) is 0 Å². The maximum atomic E-state index is 12.6. The third-order valence-electron chi connectivity index (χ3n) is 5.06. The number of amides is 2. The summed E-state index contributed by atoms with van der Waals surface area (Å²) in [5.41, 5.74) is 2.76. The Bertz CT molecular complexity index is 810. The lowest BCUT2D eigenvalue weighted by molar-refractivity contribution is -0.0504. The number of hydrogen-bond donors (Lipinski definition) is 1. The van der Waals surface area contributed by atoms with E-state index in [2.05, 4.69) is 21.0 Å². The van der Waals surface area contributed by atoms with Gasteiger partial charge in [-0.15, -0.1) is 0 Å². The molecule has 0 aliphatic carbocycles. The molecule has 2 aromatic carbocycles. The zero-order chi connectivity index (χ0) is 20.6. The molecule has 29 heavy (non-hydrogen) atoms. The van der Waals surface area contributed by atoms with Gasteiger partial charge in [0.2, 0.25) is 0 Å². The second-order valence-electron chi connectivity index (χ2n) is 7.18. The zero-order valence-corrected chi connectivity index (χ0v) is 16.6. The van der Waals surface area contributed by atoms with Crippen LogP contribution < -0.4 is 15.0 Å². The summed E-state index contributed by atoms with van der Waals surface area (Å²) in [4.78, 5) is 16.5. The Hall–Kier alpha value is -2.83. The summed E-state index contributed by atoms with van der Waals surface area (Å²) in [6.45, 7) is -0.254. The first kappa shape index (κ1) is 20.9. The minimum atomic E-state index is -2.90. The Morgan fingerprint density at radius 3 is 2.45 bits per heavy atom. The van der Waals surface area contributed by atoms with Gasteiger partial charge in [-0.3, -0.25) is 0 Å². The highest BCUT2D eigenvalue weighted by molar-refractivity contribution is 5.74. The highest BCUT2D eigenvalue weighted by atomic mass is 19.3. The van der Waals surface area contributed by atoms with Crippen LogP contribution in [-0.4, -0.2) is 37.7 Å². The van der Waals surface area contributed by atoms with E-state index >= 15 is 0 Å². The van der Waals surface area contributed by atoms with E-state index in [1.165, 1.54) is 31.0 Å². The highest BCUT2D eigenvalue weighted by Gasteiger charge is 2.17. The van der Waals surface area contributed by atoms with Crippen molar-refractivity contribution >= 4 is 11.7 Å². The number of hydrogen-bond acceptors (Lipinski definition) is 3. The topological polar surface area (TPSA) is 44.8 Å². The van der Waals surface area contributed by atoms with Crippen LogP contribution in [0.1, 0.15) is 30.4 Å². The Morgan fingerprint density at radius 1 is 1.07 bits per heavy atom. The Kier molecular flexibility index (Phi) is 7.27. The molecule has 0 bridgehead atoms. The standard InChI is InChI=1S/C22H27F2N3O2/c1-26(16-18-10-3-5-11-19(18)27-13-7-2-8-14-27)22(28)25-15-17-9-4-6-12-20(17)29-21(23)24/h3-6,9-12,21H,2,7-8,13-16H2,1H3,(H,25,28). The molecular weight excluding hydrogens is 376 g/mol. The molecule has 0 atom stereocenters. The molecule has 156 valence electrons. The summed E-state index contributed by atoms with van der Waals surface area (Å²) in [5, 5.41) is 2.78. The molecule has 0 unspecified atom stereocenters. The molecule has 0 aromatic heterocycles. The molecule has 0 spiro atoms. The van der Waals surface area contributed by atoms with Crippen LogP contribution in [0, 0.1) is 0 Å². The molecule has 3 rings (SSSR count). The maximum Gasteiger partial charge on any atom is 0.387 e. The minimum absolute atomic E-state index is 0.0703.